The minimum absolute atomic E-state index is 0.298. The minimum atomic E-state index is 0.298. The lowest BCUT2D eigenvalue weighted by Crippen LogP contribution is -1.96. The summed E-state index contributed by atoms with van der Waals surface area (Å²) in [7, 11) is 0. The standard InChI is InChI=1S/C25H26O2/c1-3-24(20-10-14-22(26)15-11-20)25(4-2)21-12-16-23(17-13-21)27-18-19-8-6-5-7-9-19/h5-17,26H,3-4,18H2,1-2H3/b25-24-. The normalized spacial score (nSPS) is 11.8. The fourth-order valence-corrected chi connectivity index (χ4v) is 3.34. The Hall–Kier alpha value is -3.00. The van der Waals surface area contributed by atoms with Gasteiger partial charge in [-0.25, -0.2) is 0 Å². The lowest BCUT2D eigenvalue weighted by molar-refractivity contribution is 0.306. The van der Waals surface area contributed by atoms with E-state index in [-0.39, 0.29) is 0 Å². The van der Waals surface area contributed by atoms with Crippen LogP contribution in [0.2, 0.25) is 0 Å². The molecule has 0 amide bonds. The van der Waals surface area contributed by atoms with Crippen LogP contribution >= 0.6 is 0 Å². The number of benzene rings is 3. The third kappa shape index (κ3) is 4.79. The van der Waals surface area contributed by atoms with Crippen LogP contribution in [-0.4, -0.2) is 5.11 Å². The molecule has 138 valence electrons. The lowest BCUT2D eigenvalue weighted by atomic mass is 9.91. The molecule has 3 aromatic carbocycles. The average Bonchev–Trinajstić information content (AvgIpc) is 2.72. The molecule has 0 aliphatic carbocycles. The van der Waals surface area contributed by atoms with Crippen molar-refractivity contribution in [3.63, 3.8) is 0 Å². The second-order valence-corrected chi connectivity index (χ2v) is 6.51. The first-order valence-electron chi connectivity index (χ1n) is 9.49. The largest absolute Gasteiger partial charge is 0.508 e. The topological polar surface area (TPSA) is 29.5 Å². The summed E-state index contributed by atoms with van der Waals surface area (Å²) >= 11 is 0. The number of rotatable bonds is 7. The molecule has 0 heterocycles. The Kier molecular flexibility index (Phi) is 6.32. The number of allylic oxidation sites excluding steroid dienone is 2. The SMILES string of the molecule is CC/C(=C(\CC)c1ccc(OCc2ccccc2)cc1)c1ccc(O)cc1. The maximum absolute atomic E-state index is 9.56. The third-order valence-electron chi connectivity index (χ3n) is 4.74. The van der Waals surface area contributed by atoms with Crippen LogP contribution in [-0.2, 0) is 6.61 Å². The van der Waals surface area contributed by atoms with Crippen LogP contribution in [0.1, 0.15) is 43.4 Å². The van der Waals surface area contributed by atoms with Crippen molar-refractivity contribution in [2.75, 3.05) is 0 Å². The van der Waals surface area contributed by atoms with E-state index in [1.807, 2.05) is 42.5 Å². The molecule has 0 unspecified atom stereocenters. The van der Waals surface area contributed by atoms with Gasteiger partial charge in [0.25, 0.3) is 0 Å². The van der Waals surface area contributed by atoms with E-state index in [1.165, 1.54) is 16.7 Å². The molecule has 0 aliphatic rings. The van der Waals surface area contributed by atoms with Gasteiger partial charge in [-0.15, -0.1) is 0 Å². The van der Waals surface area contributed by atoms with Gasteiger partial charge in [-0.05, 0) is 64.9 Å². The van der Waals surface area contributed by atoms with Crippen LogP contribution in [0, 0.1) is 0 Å². The number of phenolic OH excluding ortho intramolecular Hbond substituents is 1. The van der Waals surface area contributed by atoms with Gasteiger partial charge in [0.15, 0.2) is 0 Å². The molecular formula is C25H26O2. The zero-order valence-corrected chi connectivity index (χ0v) is 16.0. The fraction of sp³-hybridized carbons (Fsp3) is 0.200. The highest BCUT2D eigenvalue weighted by Crippen LogP contribution is 2.32. The van der Waals surface area contributed by atoms with E-state index in [1.54, 1.807) is 12.1 Å². The number of ether oxygens (including phenoxy) is 1. The van der Waals surface area contributed by atoms with Gasteiger partial charge in [0.1, 0.15) is 18.1 Å². The molecule has 27 heavy (non-hydrogen) atoms. The summed E-state index contributed by atoms with van der Waals surface area (Å²) in [6.07, 6.45) is 1.90. The van der Waals surface area contributed by atoms with Crippen LogP contribution in [0.15, 0.2) is 78.9 Å². The molecule has 3 aromatic rings. The van der Waals surface area contributed by atoms with Gasteiger partial charge in [0, 0.05) is 0 Å². The summed E-state index contributed by atoms with van der Waals surface area (Å²) in [6, 6.07) is 26.0. The zero-order valence-electron chi connectivity index (χ0n) is 16.0. The van der Waals surface area contributed by atoms with Crippen molar-refractivity contribution in [1.82, 2.24) is 0 Å². The van der Waals surface area contributed by atoms with E-state index >= 15 is 0 Å². The van der Waals surface area contributed by atoms with Gasteiger partial charge in [-0.2, -0.15) is 0 Å². The van der Waals surface area contributed by atoms with Crippen molar-refractivity contribution in [2.45, 2.75) is 33.3 Å². The van der Waals surface area contributed by atoms with E-state index in [9.17, 15) is 5.11 Å². The summed E-state index contributed by atoms with van der Waals surface area (Å²) in [5.41, 5.74) is 6.19. The van der Waals surface area contributed by atoms with E-state index < -0.39 is 0 Å². The first kappa shape index (κ1) is 18.8. The van der Waals surface area contributed by atoms with Crippen LogP contribution in [0.3, 0.4) is 0 Å². The number of hydrogen-bond donors (Lipinski definition) is 1. The first-order chi connectivity index (χ1) is 13.2. The number of hydrogen-bond acceptors (Lipinski definition) is 2. The Labute approximate surface area is 161 Å². The molecule has 0 radical (unpaired) electrons. The van der Waals surface area contributed by atoms with Gasteiger partial charge < -0.3 is 9.84 Å². The molecular weight excluding hydrogens is 332 g/mol. The Morgan fingerprint density at radius 3 is 1.74 bits per heavy atom. The maximum Gasteiger partial charge on any atom is 0.119 e. The molecule has 0 saturated carbocycles. The van der Waals surface area contributed by atoms with Crippen LogP contribution in [0.25, 0.3) is 11.1 Å². The summed E-state index contributed by atoms with van der Waals surface area (Å²) in [5.74, 6) is 1.17. The van der Waals surface area contributed by atoms with E-state index in [4.69, 9.17) is 4.74 Å². The molecule has 0 aliphatic heterocycles. The predicted octanol–water partition coefficient (Wildman–Crippen LogP) is 6.70. The molecule has 0 saturated heterocycles. The van der Waals surface area contributed by atoms with E-state index in [0.717, 1.165) is 29.7 Å². The van der Waals surface area contributed by atoms with Crippen molar-refractivity contribution in [1.29, 1.82) is 0 Å². The average molecular weight is 358 g/mol. The second-order valence-electron chi connectivity index (χ2n) is 6.51. The van der Waals surface area contributed by atoms with Crippen molar-refractivity contribution in [2.24, 2.45) is 0 Å². The summed E-state index contributed by atoms with van der Waals surface area (Å²) < 4.78 is 5.90. The van der Waals surface area contributed by atoms with E-state index in [0.29, 0.717) is 12.4 Å². The Morgan fingerprint density at radius 1 is 0.704 bits per heavy atom. The molecule has 0 bridgehead atoms. The second kappa shape index (κ2) is 9.09. The van der Waals surface area contributed by atoms with Crippen molar-refractivity contribution in [3.8, 4) is 11.5 Å². The minimum Gasteiger partial charge on any atom is -0.508 e. The molecule has 2 heteroatoms. The molecule has 1 N–H and O–H groups in total. The molecule has 0 spiro atoms. The summed E-state index contributed by atoms with van der Waals surface area (Å²) in [4.78, 5) is 0. The van der Waals surface area contributed by atoms with E-state index in [2.05, 4.69) is 38.1 Å². The predicted molar refractivity (Wildman–Crippen MR) is 113 cm³/mol. The smallest absolute Gasteiger partial charge is 0.119 e. The highest BCUT2D eigenvalue weighted by Gasteiger charge is 2.09. The van der Waals surface area contributed by atoms with Gasteiger partial charge in [-0.1, -0.05) is 68.4 Å². The van der Waals surface area contributed by atoms with Crippen LogP contribution in [0.5, 0.6) is 11.5 Å². The van der Waals surface area contributed by atoms with Gasteiger partial charge in [-0.3, -0.25) is 0 Å². The molecule has 3 rings (SSSR count). The van der Waals surface area contributed by atoms with Gasteiger partial charge >= 0.3 is 0 Å². The number of aromatic hydroxyl groups is 1. The Bertz CT molecular complexity index is 876. The lowest BCUT2D eigenvalue weighted by Gasteiger charge is -2.15. The van der Waals surface area contributed by atoms with Crippen LogP contribution < -0.4 is 4.74 Å². The summed E-state index contributed by atoms with van der Waals surface area (Å²) in [5, 5.41) is 9.56. The number of phenols is 1. The van der Waals surface area contributed by atoms with Crippen molar-refractivity contribution >= 4 is 11.1 Å². The molecule has 0 aromatic heterocycles. The summed E-state index contributed by atoms with van der Waals surface area (Å²) in [6.45, 7) is 4.94. The quantitative estimate of drug-likeness (QED) is 0.476. The molecule has 2 nitrogen and oxygen atoms in total. The highest BCUT2D eigenvalue weighted by atomic mass is 16.5. The Balaban J connectivity index is 1.81. The highest BCUT2D eigenvalue weighted by molar-refractivity contribution is 5.90. The van der Waals surface area contributed by atoms with Crippen molar-refractivity contribution < 1.29 is 9.84 Å². The monoisotopic (exact) mass is 358 g/mol. The third-order valence-corrected chi connectivity index (χ3v) is 4.74. The fourth-order valence-electron chi connectivity index (χ4n) is 3.34. The van der Waals surface area contributed by atoms with Crippen molar-refractivity contribution in [3.05, 3.63) is 95.6 Å². The van der Waals surface area contributed by atoms with Gasteiger partial charge in [0.2, 0.25) is 0 Å². The Morgan fingerprint density at radius 2 is 1.22 bits per heavy atom. The molecule has 0 atom stereocenters. The maximum atomic E-state index is 9.56. The van der Waals surface area contributed by atoms with Gasteiger partial charge in [0.05, 0.1) is 0 Å². The first-order valence-corrected chi connectivity index (χ1v) is 9.49. The molecule has 0 fully saturated rings. The van der Waals surface area contributed by atoms with Crippen LogP contribution in [0.4, 0.5) is 0 Å². The zero-order chi connectivity index (χ0) is 19.1.